The van der Waals surface area contributed by atoms with Crippen molar-refractivity contribution in [2.24, 2.45) is 0 Å². The van der Waals surface area contributed by atoms with Gasteiger partial charge in [0.05, 0.1) is 19.1 Å². The summed E-state index contributed by atoms with van der Waals surface area (Å²) in [4.78, 5) is 29.0. The number of carbonyl (C=O) groups excluding carboxylic acids is 2. The molecule has 8 nitrogen and oxygen atoms in total. The lowest BCUT2D eigenvalue weighted by Crippen LogP contribution is -2.51. The molecule has 2 aliphatic rings. The van der Waals surface area contributed by atoms with Gasteiger partial charge >= 0.3 is 0 Å². The molecule has 0 unspecified atom stereocenters. The van der Waals surface area contributed by atoms with Gasteiger partial charge in [-0.1, -0.05) is 23.4 Å². The van der Waals surface area contributed by atoms with E-state index in [2.05, 4.69) is 50.7 Å². The summed E-state index contributed by atoms with van der Waals surface area (Å²) in [6.07, 6.45) is 4.84. The Hall–Kier alpha value is -2.71. The van der Waals surface area contributed by atoms with Crippen LogP contribution in [0.2, 0.25) is 0 Å². The summed E-state index contributed by atoms with van der Waals surface area (Å²) in [5, 5.41) is 9.68. The minimum Gasteiger partial charge on any atom is -0.360 e. The van der Waals surface area contributed by atoms with Crippen LogP contribution in [0.25, 0.3) is 0 Å². The molecule has 1 aromatic heterocycles. The second kappa shape index (κ2) is 10.3. The van der Waals surface area contributed by atoms with E-state index in [1.54, 1.807) is 13.0 Å². The van der Waals surface area contributed by atoms with Crippen molar-refractivity contribution in [3.05, 3.63) is 46.7 Å². The molecule has 172 valence electrons. The molecule has 1 aliphatic heterocycles. The van der Waals surface area contributed by atoms with Gasteiger partial charge in [0.15, 0.2) is 5.82 Å². The Bertz CT molecular complexity index is 949. The molecule has 4 rings (SSSR count). The topological polar surface area (TPSA) is 90.7 Å². The monoisotopic (exact) mass is 439 g/mol. The normalized spacial score (nSPS) is 18.1. The van der Waals surface area contributed by atoms with Crippen LogP contribution in [0.3, 0.4) is 0 Å². The van der Waals surface area contributed by atoms with Gasteiger partial charge in [0.1, 0.15) is 5.76 Å². The van der Waals surface area contributed by atoms with E-state index in [1.807, 2.05) is 0 Å². The first-order chi connectivity index (χ1) is 15.5. The van der Waals surface area contributed by atoms with Gasteiger partial charge in [0.2, 0.25) is 11.8 Å². The lowest BCUT2D eigenvalue weighted by Gasteiger charge is -2.34. The quantitative estimate of drug-likeness (QED) is 0.688. The number of nitrogens with one attached hydrogen (secondary N) is 2. The van der Waals surface area contributed by atoms with Crippen LogP contribution in [0.5, 0.6) is 0 Å². The predicted octanol–water partition coefficient (Wildman–Crippen LogP) is 2.30. The fraction of sp³-hybridized carbons (Fsp3) is 0.542. The van der Waals surface area contributed by atoms with Gasteiger partial charge in [-0.3, -0.25) is 19.4 Å². The highest BCUT2D eigenvalue weighted by Crippen LogP contribution is 2.24. The third-order valence-corrected chi connectivity index (χ3v) is 6.34. The van der Waals surface area contributed by atoms with Crippen molar-refractivity contribution >= 4 is 17.6 Å². The van der Waals surface area contributed by atoms with Gasteiger partial charge in [0, 0.05) is 32.2 Å². The summed E-state index contributed by atoms with van der Waals surface area (Å²) in [6, 6.07) is 8.34. The van der Waals surface area contributed by atoms with Crippen LogP contribution in [0.4, 0.5) is 5.82 Å². The molecule has 0 saturated carbocycles. The molecule has 2 amide bonds. The second-order valence-corrected chi connectivity index (χ2v) is 8.95. The molecular weight excluding hydrogens is 406 g/mol. The molecule has 0 spiro atoms. The molecule has 1 saturated heterocycles. The zero-order valence-corrected chi connectivity index (χ0v) is 19.0. The largest absolute Gasteiger partial charge is 0.360 e. The predicted molar refractivity (Wildman–Crippen MR) is 122 cm³/mol. The van der Waals surface area contributed by atoms with Crippen LogP contribution < -0.4 is 10.6 Å². The molecule has 1 atom stereocenters. The highest BCUT2D eigenvalue weighted by atomic mass is 16.5. The van der Waals surface area contributed by atoms with Crippen LogP contribution in [0.15, 0.2) is 28.8 Å². The molecule has 1 fully saturated rings. The highest BCUT2D eigenvalue weighted by Gasteiger charge is 2.22. The van der Waals surface area contributed by atoms with Crippen molar-refractivity contribution in [1.29, 1.82) is 0 Å². The first-order valence-electron chi connectivity index (χ1n) is 11.6. The van der Waals surface area contributed by atoms with E-state index >= 15 is 0 Å². The van der Waals surface area contributed by atoms with Gasteiger partial charge in [0.25, 0.3) is 0 Å². The number of amides is 2. The average Bonchev–Trinajstić information content (AvgIpc) is 3.19. The number of nitrogens with zero attached hydrogens (tertiary/aromatic N) is 3. The van der Waals surface area contributed by atoms with Crippen molar-refractivity contribution in [2.75, 3.05) is 44.6 Å². The molecule has 1 aromatic carbocycles. The smallest absolute Gasteiger partial charge is 0.239 e. The number of hydrogen-bond donors (Lipinski definition) is 2. The maximum absolute atomic E-state index is 12.6. The number of rotatable bonds is 7. The first kappa shape index (κ1) is 22.5. The number of piperazine rings is 1. The van der Waals surface area contributed by atoms with Crippen LogP contribution in [0, 0.1) is 6.92 Å². The van der Waals surface area contributed by atoms with Crippen molar-refractivity contribution in [3.8, 4) is 0 Å². The number of hydrogen-bond acceptors (Lipinski definition) is 6. The maximum Gasteiger partial charge on any atom is 0.239 e. The lowest BCUT2D eigenvalue weighted by molar-refractivity contribution is -0.124. The van der Waals surface area contributed by atoms with Crippen LogP contribution >= 0.6 is 0 Å². The number of aromatic nitrogens is 1. The van der Waals surface area contributed by atoms with Gasteiger partial charge in [-0.05, 0) is 56.2 Å². The summed E-state index contributed by atoms with van der Waals surface area (Å²) >= 11 is 0. The molecule has 0 radical (unpaired) electrons. The van der Waals surface area contributed by atoms with E-state index in [0.717, 1.165) is 32.6 Å². The number of carbonyl (C=O) groups is 2. The van der Waals surface area contributed by atoms with Crippen LogP contribution in [-0.4, -0.2) is 66.0 Å². The van der Waals surface area contributed by atoms with Crippen LogP contribution in [0.1, 0.15) is 48.3 Å². The van der Waals surface area contributed by atoms with Gasteiger partial charge in [-0.15, -0.1) is 0 Å². The zero-order valence-electron chi connectivity index (χ0n) is 19.0. The zero-order chi connectivity index (χ0) is 22.5. The van der Waals surface area contributed by atoms with E-state index in [4.69, 9.17) is 4.52 Å². The maximum atomic E-state index is 12.6. The third kappa shape index (κ3) is 5.95. The SMILES string of the molecule is Cc1cc(NC(=O)CN2CCN(CC(=O)N[C@H](C)c3ccc4c(c3)CCCC4)CC2)no1. The molecule has 1 aliphatic carbocycles. The van der Waals surface area contributed by atoms with Crippen molar-refractivity contribution < 1.29 is 14.1 Å². The van der Waals surface area contributed by atoms with E-state index in [1.165, 1.54) is 36.0 Å². The van der Waals surface area contributed by atoms with E-state index in [0.29, 0.717) is 24.7 Å². The molecule has 32 heavy (non-hydrogen) atoms. The molecule has 2 aromatic rings. The number of fused-ring (bicyclic) bond motifs is 1. The second-order valence-electron chi connectivity index (χ2n) is 8.95. The molecule has 2 N–H and O–H groups in total. The summed E-state index contributed by atoms with van der Waals surface area (Å²) in [6.45, 7) is 7.54. The van der Waals surface area contributed by atoms with E-state index in [9.17, 15) is 9.59 Å². The minimum absolute atomic E-state index is 0.000112. The summed E-state index contributed by atoms with van der Waals surface area (Å²) in [5.41, 5.74) is 4.08. The molecule has 0 bridgehead atoms. The Morgan fingerprint density at radius 3 is 2.31 bits per heavy atom. The van der Waals surface area contributed by atoms with Crippen LogP contribution in [-0.2, 0) is 22.4 Å². The Labute approximate surface area is 189 Å². The number of aryl methyl sites for hydroxylation is 3. The van der Waals surface area contributed by atoms with Crippen molar-refractivity contribution in [2.45, 2.75) is 45.6 Å². The Kier molecular flexibility index (Phi) is 7.22. The molecular formula is C24H33N5O3. The van der Waals surface area contributed by atoms with Gasteiger partial charge < -0.3 is 15.2 Å². The fourth-order valence-electron chi connectivity index (χ4n) is 4.51. The van der Waals surface area contributed by atoms with Crippen molar-refractivity contribution in [3.63, 3.8) is 0 Å². The Morgan fingerprint density at radius 1 is 1.00 bits per heavy atom. The average molecular weight is 440 g/mol. The van der Waals surface area contributed by atoms with Gasteiger partial charge in [-0.25, -0.2) is 0 Å². The summed E-state index contributed by atoms with van der Waals surface area (Å²) in [7, 11) is 0. The standard InChI is InChI=1S/C24H33N5O3/c1-17-13-22(27-32-17)26-24(31)16-29-11-9-28(10-12-29)15-23(30)25-18(2)20-8-7-19-5-3-4-6-21(19)14-20/h7-8,13-14,18H,3-6,9-12,15-16H2,1-2H3,(H,25,30)(H,26,27,31)/t18-/m1/s1. The van der Waals surface area contributed by atoms with E-state index in [-0.39, 0.29) is 17.9 Å². The van der Waals surface area contributed by atoms with Crippen molar-refractivity contribution in [1.82, 2.24) is 20.3 Å². The Morgan fingerprint density at radius 2 is 1.66 bits per heavy atom. The van der Waals surface area contributed by atoms with E-state index < -0.39 is 0 Å². The molecule has 8 heteroatoms. The summed E-state index contributed by atoms with van der Waals surface area (Å²) in [5.74, 6) is 1.04. The summed E-state index contributed by atoms with van der Waals surface area (Å²) < 4.78 is 4.96. The fourth-order valence-corrected chi connectivity index (χ4v) is 4.51. The minimum atomic E-state index is -0.108. The third-order valence-electron chi connectivity index (χ3n) is 6.34. The van der Waals surface area contributed by atoms with Gasteiger partial charge in [-0.2, -0.15) is 0 Å². The molecule has 2 heterocycles. The lowest BCUT2D eigenvalue weighted by atomic mass is 9.89. The number of benzene rings is 1. The highest BCUT2D eigenvalue weighted by molar-refractivity contribution is 5.91. The Balaban J connectivity index is 1.18. The number of anilines is 1. The first-order valence-corrected chi connectivity index (χ1v) is 11.6.